The van der Waals surface area contributed by atoms with Crippen LogP contribution in [0.1, 0.15) is 10.4 Å². The Morgan fingerprint density at radius 2 is 1.68 bits per heavy atom. The standard InChI is InChI=1S/C15H11ClFNO/c16-12-3-1-11(2-4-12)15(19)9-10-18-14-7-5-13(17)6-8-14/h1-10,18H. The molecule has 2 rings (SSSR count). The third-order valence-electron chi connectivity index (χ3n) is 2.46. The van der Waals surface area contributed by atoms with Gasteiger partial charge in [0.25, 0.3) is 0 Å². The monoisotopic (exact) mass is 275 g/mol. The highest BCUT2D eigenvalue weighted by Crippen LogP contribution is 2.11. The number of carbonyl (C=O) groups excluding carboxylic acids is 1. The average molecular weight is 276 g/mol. The van der Waals surface area contributed by atoms with Crippen LogP contribution in [0.15, 0.2) is 60.8 Å². The molecule has 0 bridgehead atoms. The number of ketones is 1. The zero-order valence-corrected chi connectivity index (χ0v) is 10.7. The van der Waals surface area contributed by atoms with Crippen LogP contribution in [-0.2, 0) is 0 Å². The molecule has 0 aromatic heterocycles. The summed E-state index contributed by atoms with van der Waals surface area (Å²) < 4.78 is 12.7. The maximum absolute atomic E-state index is 12.7. The van der Waals surface area contributed by atoms with Crippen LogP contribution < -0.4 is 5.32 Å². The van der Waals surface area contributed by atoms with Gasteiger partial charge in [0.2, 0.25) is 0 Å². The molecule has 2 aromatic carbocycles. The number of allylic oxidation sites excluding steroid dienone is 1. The van der Waals surface area contributed by atoms with Gasteiger partial charge in [-0.05, 0) is 48.5 Å². The average Bonchev–Trinajstić information content (AvgIpc) is 2.41. The molecule has 0 spiro atoms. The van der Waals surface area contributed by atoms with Crippen LogP contribution >= 0.6 is 11.6 Å². The van der Waals surface area contributed by atoms with Crippen LogP contribution in [0.5, 0.6) is 0 Å². The number of rotatable bonds is 4. The molecule has 0 aliphatic carbocycles. The molecule has 0 saturated heterocycles. The molecule has 0 radical (unpaired) electrons. The molecule has 0 atom stereocenters. The predicted molar refractivity (Wildman–Crippen MR) is 74.9 cm³/mol. The molecule has 0 saturated carbocycles. The molecule has 19 heavy (non-hydrogen) atoms. The summed E-state index contributed by atoms with van der Waals surface area (Å²) in [5.41, 5.74) is 1.27. The Bertz CT molecular complexity index is 591. The Kier molecular flexibility index (Phi) is 4.31. The quantitative estimate of drug-likeness (QED) is 0.666. The Labute approximate surface area is 115 Å². The Balaban J connectivity index is 1.97. The highest BCUT2D eigenvalue weighted by molar-refractivity contribution is 6.30. The molecule has 0 amide bonds. The van der Waals surface area contributed by atoms with Crippen LogP contribution in [0.4, 0.5) is 10.1 Å². The smallest absolute Gasteiger partial charge is 0.187 e. The second-order valence-electron chi connectivity index (χ2n) is 3.86. The van der Waals surface area contributed by atoms with E-state index in [1.165, 1.54) is 24.4 Å². The fourth-order valence-corrected chi connectivity index (χ4v) is 1.60. The minimum Gasteiger partial charge on any atom is -0.362 e. The van der Waals surface area contributed by atoms with Gasteiger partial charge >= 0.3 is 0 Å². The summed E-state index contributed by atoms with van der Waals surface area (Å²) in [6.45, 7) is 0. The first-order chi connectivity index (χ1) is 9.15. The van der Waals surface area contributed by atoms with Gasteiger partial charge in [-0.1, -0.05) is 11.6 Å². The first kappa shape index (κ1) is 13.3. The van der Waals surface area contributed by atoms with Crippen LogP contribution in [0.2, 0.25) is 5.02 Å². The highest BCUT2D eigenvalue weighted by Gasteiger charge is 2.00. The number of carbonyl (C=O) groups is 1. The van der Waals surface area contributed by atoms with E-state index in [-0.39, 0.29) is 11.6 Å². The number of benzene rings is 2. The van der Waals surface area contributed by atoms with E-state index in [4.69, 9.17) is 11.6 Å². The van der Waals surface area contributed by atoms with Crippen LogP contribution in [0, 0.1) is 5.82 Å². The predicted octanol–water partition coefficient (Wildman–Crippen LogP) is 4.29. The SMILES string of the molecule is O=C(C=CNc1ccc(F)cc1)c1ccc(Cl)cc1. The van der Waals surface area contributed by atoms with Gasteiger partial charge in [-0.2, -0.15) is 0 Å². The van der Waals surface area contributed by atoms with E-state index in [0.29, 0.717) is 16.3 Å². The second kappa shape index (κ2) is 6.16. The molecule has 2 aromatic rings. The van der Waals surface area contributed by atoms with Gasteiger partial charge in [-0.25, -0.2) is 4.39 Å². The van der Waals surface area contributed by atoms with Gasteiger partial charge in [0.05, 0.1) is 0 Å². The van der Waals surface area contributed by atoms with Crippen molar-refractivity contribution in [3.05, 3.63) is 77.2 Å². The Morgan fingerprint density at radius 1 is 1.05 bits per heavy atom. The lowest BCUT2D eigenvalue weighted by atomic mass is 10.1. The van der Waals surface area contributed by atoms with Crippen LogP contribution in [0.3, 0.4) is 0 Å². The van der Waals surface area contributed by atoms with Crippen molar-refractivity contribution in [3.63, 3.8) is 0 Å². The van der Waals surface area contributed by atoms with Gasteiger partial charge in [0.1, 0.15) is 5.82 Å². The van der Waals surface area contributed by atoms with Gasteiger partial charge in [0, 0.05) is 28.5 Å². The largest absolute Gasteiger partial charge is 0.362 e. The van der Waals surface area contributed by atoms with Crippen LogP contribution in [-0.4, -0.2) is 5.78 Å². The summed E-state index contributed by atoms with van der Waals surface area (Å²) >= 11 is 5.74. The lowest BCUT2D eigenvalue weighted by Crippen LogP contribution is -1.96. The molecular formula is C15H11ClFNO. The summed E-state index contributed by atoms with van der Waals surface area (Å²) in [4.78, 5) is 11.8. The maximum atomic E-state index is 12.7. The number of nitrogens with one attached hydrogen (secondary N) is 1. The molecular weight excluding hydrogens is 265 g/mol. The maximum Gasteiger partial charge on any atom is 0.187 e. The van der Waals surface area contributed by atoms with Crippen molar-refractivity contribution in [3.8, 4) is 0 Å². The topological polar surface area (TPSA) is 29.1 Å². The van der Waals surface area contributed by atoms with Gasteiger partial charge in [0.15, 0.2) is 5.78 Å². The van der Waals surface area contributed by atoms with Crippen molar-refractivity contribution in [2.45, 2.75) is 0 Å². The van der Waals surface area contributed by atoms with Crippen molar-refractivity contribution >= 4 is 23.1 Å². The summed E-state index contributed by atoms with van der Waals surface area (Å²) in [5, 5.41) is 3.48. The molecule has 0 unspecified atom stereocenters. The van der Waals surface area contributed by atoms with Crippen molar-refractivity contribution < 1.29 is 9.18 Å². The molecule has 2 nitrogen and oxygen atoms in total. The van der Waals surface area contributed by atoms with E-state index in [9.17, 15) is 9.18 Å². The Morgan fingerprint density at radius 3 is 2.32 bits per heavy atom. The van der Waals surface area contributed by atoms with Crippen molar-refractivity contribution in [1.29, 1.82) is 0 Å². The molecule has 0 heterocycles. The number of anilines is 1. The van der Waals surface area contributed by atoms with E-state index in [2.05, 4.69) is 5.32 Å². The van der Waals surface area contributed by atoms with Gasteiger partial charge in [-0.15, -0.1) is 0 Å². The summed E-state index contributed by atoms with van der Waals surface area (Å²) in [6.07, 6.45) is 2.93. The first-order valence-electron chi connectivity index (χ1n) is 5.64. The number of halogens is 2. The van der Waals surface area contributed by atoms with E-state index < -0.39 is 0 Å². The minimum absolute atomic E-state index is 0.133. The molecule has 4 heteroatoms. The number of hydrogen-bond acceptors (Lipinski definition) is 2. The summed E-state index contributed by atoms with van der Waals surface area (Å²) in [6, 6.07) is 12.5. The highest BCUT2D eigenvalue weighted by atomic mass is 35.5. The first-order valence-corrected chi connectivity index (χ1v) is 6.01. The number of hydrogen-bond donors (Lipinski definition) is 1. The third kappa shape index (κ3) is 3.93. The van der Waals surface area contributed by atoms with Gasteiger partial charge < -0.3 is 5.32 Å². The lowest BCUT2D eigenvalue weighted by Gasteiger charge is -2.00. The van der Waals surface area contributed by atoms with Crippen molar-refractivity contribution in [2.24, 2.45) is 0 Å². The molecule has 0 fully saturated rings. The fourth-order valence-electron chi connectivity index (χ4n) is 1.47. The minimum atomic E-state index is -0.299. The molecule has 1 N–H and O–H groups in total. The zero-order chi connectivity index (χ0) is 13.7. The van der Waals surface area contributed by atoms with E-state index in [0.717, 1.165) is 0 Å². The third-order valence-corrected chi connectivity index (χ3v) is 2.71. The van der Waals surface area contributed by atoms with Crippen molar-refractivity contribution in [1.82, 2.24) is 0 Å². The fraction of sp³-hybridized carbons (Fsp3) is 0. The lowest BCUT2D eigenvalue weighted by molar-refractivity contribution is 0.104. The Hall–Kier alpha value is -2.13. The molecule has 0 aliphatic rings. The van der Waals surface area contributed by atoms with E-state index in [1.54, 1.807) is 36.4 Å². The zero-order valence-electron chi connectivity index (χ0n) is 9.94. The normalized spacial score (nSPS) is 10.6. The van der Waals surface area contributed by atoms with Crippen molar-refractivity contribution in [2.75, 3.05) is 5.32 Å². The van der Waals surface area contributed by atoms with E-state index >= 15 is 0 Å². The van der Waals surface area contributed by atoms with Crippen LogP contribution in [0.25, 0.3) is 0 Å². The van der Waals surface area contributed by atoms with Gasteiger partial charge in [-0.3, -0.25) is 4.79 Å². The second-order valence-corrected chi connectivity index (χ2v) is 4.29. The summed E-state index contributed by atoms with van der Waals surface area (Å²) in [7, 11) is 0. The molecule has 96 valence electrons. The van der Waals surface area contributed by atoms with E-state index in [1.807, 2.05) is 0 Å². The summed E-state index contributed by atoms with van der Waals surface area (Å²) in [5.74, 6) is -0.432. The molecule has 0 aliphatic heterocycles.